The fraction of sp³-hybridized carbons (Fsp3) is 0.222. The Hall–Kier alpha value is -1.16. The van der Waals surface area contributed by atoms with Gasteiger partial charge >= 0.3 is 0 Å². The van der Waals surface area contributed by atoms with E-state index in [1.54, 1.807) is 0 Å². The van der Waals surface area contributed by atoms with Gasteiger partial charge in [0.2, 0.25) is 0 Å². The molecule has 1 rings (SSSR count). The normalized spacial score (nSPS) is 10.0. The molecule has 0 aliphatic rings. The van der Waals surface area contributed by atoms with Gasteiger partial charge in [-0.1, -0.05) is 0 Å². The highest BCUT2D eigenvalue weighted by atomic mass is 35.5. The monoisotopic (exact) mass is 220 g/mol. The average Bonchev–Trinajstić information content (AvgIpc) is 2.16. The number of carbonyl (C=O) groups excluding carboxylic acids is 1. The van der Waals surface area contributed by atoms with E-state index in [9.17, 15) is 13.6 Å². The summed E-state index contributed by atoms with van der Waals surface area (Å²) in [4.78, 5) is 11.0. The van der Waals surface area contributed by atoms with Crippen LogP contribution in [0, 0.1) is 11.6 Å². The topological polar surface area (TPSA) is 26.3 Å². The minimum Gasteiger partial charge on any atom is -0.497 e. The fourth-order valence-corrected chi connectivity index (χ4v) is 1.13. The second kappa shape index (κ2) is 4.37. The van der Waals surface area contributed by atoms with Crippen LogP contribution in [-0.4, -0.2) is 18.8 Å². The molecule has 0 bridgehead atoms. The summed E-state index contributed by atoms with van der Waals surface area (Å²) >= 11 is 5.19. The lowest BCUT2D eigenvalue weighted by Gasteiger charge is -2.04. The first kappa shape index (κ1) is 10.9. The average molecular weight is 221 g/mol. The van der Waals surface area contributed by atoms with Crippen molar-refractivity contribution in [2.45, 2.75) is 0 Å². The van der Waals surface area contributed by atoms with E-state index in [-0.39, 0.29) is 5.75 Å². The zero-order valence-corrected chi connectivity index (χ0v) is 8.07. The third kappa shape index (κ3) is 2.01. The van der Waals surface area contributed by atoms with Gasteiger partial charge in [0.25, 0.3) is 0 Å². The van der Waals surface area contributed by atoms with Gasteiger partial charge < -0.3 is 4.74 Å². The van der Waals surface area contributed by atoms with E-state index in [4.69, 9.17) is 11.6 Å². The molecule has 0 heterocycles. The van der Waals surface area contributed by atoms with Gasteiger partial charge in [-0.25, -0.2) is 8.78 Å². The molecule has 5 heteroatoms. The van der Waals surface area contributed by atoms with Gasteiger partial charge in [0, 0.05) is 12.1 Å². The number of methoxy groups -OCH3 is 1. The number of ether oxygens (including phenoxy) is 1. The number of alkyl halides is 1. The van der Waals surface area contributed by atoms with Crippen LogP contribution in [0.2, 0.25) is 0 Å². The highest BCUT2D eigenvalue weighted by Gasteiger charge is 2.17. The quantitative estimate of drug-likeness (QED) is 0.578. The van der Waals surface area contributed by atoms with Crippen molar-refractivity contribution in [3.63, 3.8) is 0 Å². The second-order valence-electron chi connectivity index (χ2n) is 2.52. The molecule has 76 valence electrons. The number of carbonyl (C=O) groups is 1. The summed E-state index contributed by atoms with van der Waals surface area (Å²) in [5.41, 5.74) is -0.624. The molecule has 0 aliphatic carbocycles. The first-order chi connectivity index (χ1) is 6.60. The van der Waals surface area contributed by atoms with Crippen LogP contribution in [0.3, 0.4) is 0 Å². The Morgan fingerprint density at radius 3 is 2.29 bits per heavy atom. The Labute approximate surface area is 84.4 Å². The summed E-state index contributed by atoms with van der Waals surface area (Å²) in [5.74, 6) is -3.16. The molecule has 2 nitrogen and oxygen atoms in total. The van der Waals surface area contributed by atoms with Crippen molar-refractivity contribution >= 4 is 17.4 Å². The third-order valence-corrected chi connectivity index (χ3v) is 1.89. The smallest absolute Gasteiger partial charge is 0.183 e. The first-order valence-electron chi connectivity index (χ1n) is 3.72. The van der Waals surface area contributed by atoms with E-state index in [0.717, 1.165) is 12.1 Å². The standard InChI is InChI=1S/C9H7ClF2O2/c1-14-5-2-6(11)9(7(12)3-5)8(13)4-10/h2-3H,4H2,1H3. The predicted octanol–water partition coefficient (Wildman–Crippen LogP) is 2.39. The number of hydrogen-bond donors (Lipinski definition) is 0. The summed E-state index contributed by atoms with van der Waals surface area (Å²) < 4.78 is 30.9. The van der Waals surface area contributed by atoms with E-state index >= 15 is 0 Å². The number of rotatable bonds is 3. The molecule has 0 aliphatic heterocycles. The zero-order valence-electron chi connectivity index (χ0n) is 7.31. The van der Waals surface area contributed by atoms with E-state index in [2.05, 4.69) is 4.74 Å². The number of hydrogen-bond acceptors (Lipinski definition) is 2. The van der Waals surface area contributed by atoms with Crippen molar-refractivity contribution in [2.75, 3.05) is 13.0 Å². The van der Waals surface area contributed by atoms with Crippen molar-refractivity contribution in [1.29, 1.82) is 0 Å². The predicted molar refractivity (Wildman–Crippen MR) is 48.0 cm³/mol. The molecule has 0 saturated heterocycles. The van der Waals surface area contributed by atoms with Crippen LogP contribution in [0.5, 0.6) is 5.75 Å². The Morgan fingerprint density at radius 2 is 1.93 bits per heavy atom. The second-order valence-corrected chi connectivity index (χ2v) is 2.79. The van der Waals surface area contributed by atoms with Crippen molar-refractivity contribution in [3.8, 4) is 5.75 Å². The molecule has 0 spiro atoms. The summed E-state index contributed by atoms with van der Waals surface area (Å²) in [6.45, 7) is 0. The van der Waals surface area contributed by atoms with Crippen LogP contribution in [0.15, 0.2) is 12.1 Å². The lowest BCUT2D eigenvalue weighted by atomic mass is 10.1. The molecule has 0 saturated carbocycles. The van der Waals surface area contributed by atoms with Gasteiger partial charge in [0.1, 0.15) is 17.4 Å². The molecule has 0 amide bonds. The van der Waals surface area contributed by atoms with Gasteiger partial charge in [0.05, 0.1) is 18.6 Å². The molecule has 0 unspecified atom stereocenters. The molecule has 14 heavy (non-hydrogen) atoms. The van der Waals surface area contributed by atoms with E-state index in [1.165, 1.54) is 7.11 Å². The Morgan fingerprint density at radius 1 is 1.43 bits per heavy atom. The fourth-order valence-electron chi connectivity index (χ4n) is 1.00. The lowest BCUT2D eigenvalue weighted by Crippen LogP contribution is -2.07. The number of halogens is 3. The Balaban J connectivity index is 3.25. The molecule has 0 fully saturated rings. The number of Topliss-reactive ketones (excluding diaryl/α,β-unsaturated/α-hetero) is 1. The molecular formula is C9H7ClF2O2. The van der Waals surface area contributed by atoms with E-state index in [0.29, 0.717) is 0 Å². The maximum atomic E-state index is 13.1. The van der Waals surface area contributed by atoms with Crippen LogP contribution >= 0.6 is 11.6 Å². The minimum atomic E-state index is -0.965. The summed E-state index contributed by atoms with van der Waals surface area (Å²) in [7, 11) is 1.28. The van der Waals surface area contributed by atoms with Crippen LogP contribution in [0.4, 0.5) is 8.78 Å². The molecule has 0 aromatic heterocycles. The first-order valence-corrected chi connectivity index (χ1v) is 4.25. The summed E-state index contributed by atoms with van der Waals surface area (Å²) in [5, 5.41) is 0. The van der Waals surface area contributed by atoms with Gasteiger partial charge in [-0.2, -0.15) is 0 Å². The van der Waals surface area contributed by atoms with E-state index < -0.39 is 28.9 Å². The molecule has 0 N–H and O–H groups in total. The highest BCUT2D eigenvalue weighted by Crippen LogP contribution is 2.20. The van der Waals surface area contributed by atoms with Crippen molar-refractivity contribution in [1.82, 2.24) is 0 Å². The summed E-state index contributed by atoms with van der Waals surface area (Å²) in [6, 6.07) is 1.87. The van der Waals surface area contributed by atoms with Gasteiger partial charge in [-0.3, -0.25) is 4.79 Å². The SMILES string of the molecule is COc1cc(F)c(C(=O)CCl)c(F)c1. The van der Waals surface area contributed by atoms with Crippen molar-refractivity contribution in [2.24, 2.45) is 0 Å². The van der Waals surface area contributed by atoms with Gasteiger partial charge in [-0.15, -0.1) is 11.6 Å². The molecule has 0 atom stereocenters. The van der Waals surface area contributed by atoms with Gasteiger partial charge in [-0.05, 0) is 0 Å². The zero-order chi connectivity index (χ0) is 10.7. The largest absolute Gasteiger partial charge is 0.497 e. The number of ketones is 1. The maximum absolute atomic E-state index is 13.1. The van der Waals surface area contributed by atoms with E-state index in [1.807, 2.05) is 0 Å². The Bertz CT molecular complexity index is 343. The summed E-state index contributed by atoms with van der Waals surface area (Å²) in [6.07, 6.45) is 0. The minimum absolute atomic E-state index is 0.0196. The van der Waals surface area contributed by atoms with Crippen LogP contribution in [0.25, 0.3) is 0 Å². The maximum Gasteiger partial charge on any atom is 0.183 e. The molecular weight excluding hydrogens is 214 g/mol. The number of benzene rings is 1. The van der Waals surface area contributed by atoms with Crippen molar-refractivity contribution < 1.29 is 18.3 Å². The lowest BCUT2D eigenvalue weighted by molar-refractivity contribution is 0.101. The Kier molecular flexibility index (Phi) is 3.41. The third-order valence-electron chi connectivity index (χ3n) is 1.65. The van der Waals surface area contributed by atoms with Crippen LogP contribution in [0.1, 0.15) is 10.4 Å². The van der Waals surface area contributed by atoms with Crippen LogP contribution < -0.4 is 4.74 Å². The van der Waals surface area contributed by atoms with Crippen LogP contribution in [-0.2, 0) is 0 Å². The highest BCUT2D eigenvalue weighted by molar-refractivity contribution is 6.30. The molecule has 1 aromatic carbocycles. The molecule has 1 aromatic rings. The van der Waals surface area contributed by atoms with Gasteiger partial charge in [0.15, 0.2) is 5.78 Å². The molecule has 0 radical (unpaired) electrons. The van der Waals surface area contributed by atoms with Crippen molar-refractivity contribution in [3.05, 3.63) is 29.3 Å².